The van der Waals surface area contributed by atoms with Crippen molar-refractivity contribution < 1.29 is 24.3 Å². The summed E-state index contributed by atoms with van der Waals surface area (Å²) in [6, 6.07) is 5.94. The van der Waals surface area contributed by atoms with Crippen molar-refractivity contribution in [3.8, 4) is 5.75 Å². The molecule has 104 valence electrons. The van der Waals surface area contributed by atoms with Gasteiger partial charge in [-0.3, -0.25) is 4.79 Å². The lowest BCUT2D eigenvalue weighted by atomic mass is 10.2. The number of aliphatic carboxylic acids is 1. The van der Waals surface area contributed by atoms with Gasteiger partial charge in [0.25, 0.3) is 0 Å². The fourth-order valence-electron chi connectivity index (χ4n) is 1.59. The Balaban J connectivity index is 2.61. The monoisotopic (exact) mass is 266 g/mol. The Hall–Kier alpha value is -2.08. The molecule has 6 heteroatoms. The second kappa shape index (κ2) is 6.75. The molecule has 0 aliphatic carbocycles. The molecule has 0 heterocycles. The first-order chi connectivity index (χ1) is 8.93. The van der Waals surface area contributed by atoms with E-state index in [2.05, 4.69) is 5.32 Å². The third kappa shape index (κ3) is 4.59. The molecule has 0 bridgehead atoms. The minimum Gasteiger partial charge on any atom is -0.544 e. The maximum absolute atomic E-state index is 11.7. The summed E-state index contributed by atoms with van der Waals surface area (Å²) in [4.78, 5) is 23.3. The number of likely N-dealkylation sites (N-methyl/N-ethyl adjacent to an activating group) is 1. The highest BCUT2D eigenvalue weighted by atomic mass is 16.5. The number of benzene rings is 1. The van der Waals surface area contributed by atoms with Gasteiger partial charge in [0, 0.05) is 5.69 Å². The summed E-state index contributed by atoms with van der Waals surface area (Å²) in [5.41, 5.74) is 0.594. The maximum atomic E-state index is 11.7. The predicted octanol–water partition coefficient (Wildman–Crippen LogP) is -1.71. The van der Waals surface area contributed by atoms with Crippen LogP contribution in [-0.4, -0.2) is 39.1 Å². The Morgan fingerprint density at radius 1 is 1.32 bits per heavy atom. The second-order valence-electron chi connectivity index (χ2n) is 4.43. The number of methoxy groups -OCH3 is 1. The summed E-state index contributed by atoms with van der Waals surface area (Å²) in [5, 5.41) is 13.5. The SMILES string of the molecule is COc1ccc(NC(=O)C[C@H](C(=O)[O-])[NH+](C)C)cc1. The quantitative estimate of drug-likeness (QED) is 0.642. The van der Waals surface area contributed by atoms with E-state index in [0.717, 1.165) is 0 Å². The van der Waals surface area contributed by atoms with E-state index in [1.54, 1.807) is 45.5 Å². The molecular weight excluding hydrogens is 248 g/mol. The molecule has 0 saturated carbocycles. The van der Waals surface area contributed by atoms with Crippen molar-refractivity contribution in [2.45, 2.75) is 12.5 Å². The van der Waals surface area contributed by atoms with Crippen LogP contribution in [0.25, 0.3) is 0 Å². The largest absolute Gasteiger partial charge is 0.544 e. The highest BCUT2D eigenvalue weighted by Gasteiger charge is 2.20. The van der Waals surface area contributed by atoms with E-state index in [1.165, 1.54) is 0 Å². The number of hydrogen-bond donors (Lipinski definition) is 2. The maximum Gasteiger partial charge on any atom is 0.230 e. The highest BCUT2D eigenvalue weighted by molar-refractivity contribution is 5.93. The highest BCUT2D eigenvalue weighted by Crippen LogP contribution is 2.15. The van der Waals surface area contributed by atoms with Gasteiger partial charge < -0.3 is 24.9 Å². The van der Waals surface area contributed by atoms with Gasteiger partial charge in [0.15, 0.2) is 0 Å². The van der Waals surface area contributed by atoms with Gasteiger partial charge in [-0.1, -0.05) is 0 Å². The van der Waals surface area contributed by atoms with Crippen molar-refractivity contribution in [2.75, 3.05) is 26.5 Å². The number of carbonyl (C=O) groups is 2. The average Bonchev–Trinajstić information content (AvgIpc) is 2.36. The van der Waals surface area contributed by atoms with Gasteiger partial charge in [-0.25, -0.2) is 0 Å². The summed E-state index contributed by atoms with van der Waals surface area (Å²) in [6.07, 6.45) is -0.128. The zero-order chi connectivity index (χ0) is 14.4. The van der Waals surface area contributed by atoms with Gasteiger partial charge >= 0.3 is 0 Å². The lowest BCUT2D eigenvalue weighted by Gasteiger charge is -2.21. The molecule has 0 spiro atoms. The summed E-state index contributed by atoms with van der Waals surface area (Å²) in [7, 11) is 4.89. The molecule has 0 saturated heterocycles. The summed E-state index contributed by atoms with van der Waals surface area (Å²) >= 11 is 0. The first kappa shape index (κ1) is 15.0. The Morgan fingerprint density at radius 3 is 2.32 bits per heavy atom. The van der Waals surface area contributed by atoms with Crippen molar-refractivity contribution in [3.05, 3.63) is 24.3 Å². The second-order valence-corrected chi connectivity index (χ2v) is 4.43. The van der Waals surface area contributed by atoms with Crippen LogP contribution in [0.4, 0.5) is 5.69 Å². The number of nitrogens with one attached hydrogen (secondary N) is 2. The van der Waals surface area contributed by atoms with E-state index < -0.39 is 12.0 Å². The van der Waals surface area contributed by atoms with Crippen LogP contribution in [0, 0.1) is 0 Å². The van der Waals surface area contributed by atoms with Crippen LogP contribution in [0.1, 0.15) is 6.42 Å². The molecule has 1 aromatic rings. The van der Waals surface area contributed by atoms with Crippen molar-refractivity contribution in [2.24, 2.45) is 0 Å². The van der Waals surface area contributed by atoms with Crippen LogP contribution in [0.5, 0.6) is 5.75 Å². The summed E-state index contributed by atoms with van der Waals surface area (Å²) in [6.45, 7) is 0. The summed E-state index contributed by atoms with van der Waals surface area (Å²) < 4.78 is 5.00. The minimum atomic E-state index is -1.23. The number of rotatable bonds is 6. The normalized spacial score (nSPS) is 12.0. The number of carboxylic acids is 1. The van der Waals surface area contributed by atoms with Gasteiger partial charge in [0.05, 0.1) is 33.6 Å². The Bertz CT molecular complexity index is 442. The van der Waals surface area contributed by atoms with Crippen molar-refractivity contribution in [1.82, 2.24) is 0 Å². The smallest absolute Gasteiger partial charge is 0.230 e. The van der Waals surface area contributed by atoms with E-state index in [1.807, 2.05) is 0 Å². The zero-order valence-electron chi connectivity index (χ0n) is 11.2. The molecule has 2 N–H and O–H groups in total. The van der Waals surface area contributed by atoms with E-state index in [4.69, 9.17) is 4.74 Å². The first-order valence-electron chi connectivity index (χ1n) is 5.89. The fourth-order valence-corrected chi connectivity index (χ4v) is 1.59. The molecule has 1 atom stereocenters. The molecule has 1 aromatic carbocycles. The topological polar surface area (TPSA) is 82.9 Å². The molecule has 0 fully saturated rings. The number of amides is 1. The first-order valence-corrected chi connectivity index (χ1v) is 5.89. The van der Waals surface area contributed by atoms with Crippen LogP contribution in [-0.2, 0) is 9.59 Å². The van der Waals surface area contributed by atoms with Crippen molar-refractivity contribution >= 4 is 17.6 Å². The zero-order valence-corrected chi connectivity index (χ0v) is 11.2. The molecule has 0 aromatic heterocycles. The molecule has 19 heavy (non-hydrogen) atoms. The van der Waals surface area contributed by atoms with Gasteiger partial charge in [-0.05, 0) is 24.3 Å². The molecule has 0 aliphatic rings. The van der Waals surface area contributed by atoms with E-state index >= 15 is 0 Å². The van der Waals surface area contributed by atoms with Crippen molar-refractivity contribution in [1.29, 1.82) is 0 Å². The number of hydrogen-bond acceptors (Lipinski definition) is 4. The number of ether oxygens (including phenoxy) is 1. The average molecular weight is 266 g/mol. The van der Waals surface area contributed by atoms with Crippen LogP contribution in [0.3, 0.4) is 0 Å². The molecule has 6 nitrogen and oxygen atoms in total. The standard InChI is InChI=1S/C13H18N2O4/c1-15(2)11(13(17)18)8-12(16)14-9-4-6-10(19-3)7-5-9/h4-7,11H,8H2,1-3H3,(H,14,16)(H,17,18)/t11-/m1/s1. The van der Waals surface area contributed by atoms with Crippen LogP contribution in [0.2, 0.25) is 0 Å². The molecule has 0 unspecified atom stereocenters. The third-order valence-electron chi connectivity index (χ3n) is 2.74. The number of quaternary nitrogens is 1. The lowest BCUT2D eigenvalue weighted by molar-refractivity contribution is -0.878. The van der Waals surface area contributed by atoms with Gasteiger partial charge in [-0.15, -0.1) is 0 Å². The Morgan fingerprint density at radius 2 is 1.89 bits per heavy atom. The van der Waals surface area contributed by atoms with Crippen LogP contribution < -0.4 is 20.1 Å². The van der Waals surface area contributed by atoms with E-state index in [0.29, 0.717) is 16.3 Å². The fraction of sp³-hybridized carbons (Fsp3) is 0.385. The molecule has 1 amide bonds. The van der Waals surface area contributed by atoms with Crippen molar-refractivity contribution in [3.63, 3.8) is 0 Å². The molecule has 1 rings (SSSR count). The number of anilines is 1. The molecule has 0 aliphatic heterocycles. The Labute approximate surface area is 112 Å². The van der Waals surface area contributed by atoms with Gasteiger partial charge in [0.2, 0.25) is 5.91 Å². The van der Waals surface area contributed by atoms with E-state index in [-0.39, 0.29) is 12.3 Å². The molecular formula is C13H18N2O4. The summed E-state index contributed by atoms with van der Waals surface area (Å²) in [5.74, 6) is -0.909. The Kier molecular flexibility index (Phi) is 5.32. The minimum absolute atomic E-state index is 0.128. The van der Waals surface area contributed by atoms with Crippen LogP contribution in [0.15, 0.2) is 24.3 Å². The van der Waals surface area contributed by atoms with E-state index in [9.17, 15) is 14.7 Å². The van der Waals surface area contributed by atoms with Crippen LogP contribution >= 0.6 is 0 Å². The van der Waals surface area contributed by atoms with Gasteiger partial charge in [0.1, 0.15) is 11.8 Å². The third-order valence-corrected chi connectivity index (χ3v) is 2.74. The number of carboxylic acid groups (broad SMARTS) is 1. The lowest BCUT2D eigenvalue weighted by Crippen LogP contribution is -3.12. The van der Waals surface area contributed by atoms with Gasteiger partial charge in [-0.2, -0.15) is 0 Å². The number of carbonyl (C=O) groups excluding carboxylic acids is 2. The predicted molar refractivity (Wildman–Crippen MR) is 67.8 cm³/mol. The molecule has 0 radical (unpaired) electrons.